The number of aliphatic hydroxyl groups excluding tert-OH is 1. The molecular formula is C17H24N2O. The zero-order chi connectivity index (χ0) is 13.9. The SMILES string of the molecule is CC(CCO)CNC1CCCc2c1[nH]c1ccccc21. The zero-order valence-corrected chi connectivity index (χ0v) is 12.2. The summed E-state index contributed by atoms with van der Waals surface area (Å²) in [7, 11) is 0. The van der Waals surface area contributed by atoms with Crippen LogP contribution in [0.15, 0.2) is 24.3 Å². The quantitative estimate of drug-likeness (QED) is 0.783. The van der Waals surface area contributed by atoms with Crippen LogP contribution in [0.3, 0.4) is 0 Å². The number of para-hydroxylation sites is 1. The van der Waals surface area contributed by atoms with Crippen molar-refractivity contribution in [2.45, 2.75) is 38.6 Å². The second-order valence-corrected chi connectivity index (χ2v) is 6.03. The van der Waals surface area contributed by atoms with Gasteiger partial charge in [-0.1, -0.05) is 25.1 Å². The molecule has 0 radical (unpaired) electrons. The van der Waals surface area contributed by atoms with E-state index in [0.717, 1.165) is 13.0 Å². The van der Waals surface area contributed by atoms with E-state index in [0.29, 0.717) is 12.0 Å². The normalized spacial score (nSPS) is 20.0. The third-order valence-electron chi connectivity index (χ3n) is 4.45. The molecule has 3 nitrogen and oxygen atoms in total. The van der Waals surface area contributed by atoms with Crippen molar-refractivity contribution in [3.63, 3.8) is 0 Å². The molecule has 1 aliphatic carbocycles. The number of nitrogens with one attached hydrogen (secondary N) is 2. The summed E-state index contributed by atoms with van der Waals surface area (Å²) in [6, 6.07) is 9.04. The minimum Gasteiger partial charge on any atom is -0.396 e. The monoisotopic (exact) mass is 272 g/mol. The topological polar surface area (TPSA) is 48.0 Å². The highest BCUT2D eigenvalue weighted by molar-refractivity contribution is 5.85. The fourth-order valence-corrected chi connectivity index (χ4v) is 3.28. The highest BCUT2D eigenvalue weighted by atomic mass is 16.3. The van der Waals surface area contributed by atoms with Crippen LogP contribution in [0.4, 0.5) is 0 Å². The van der Waals surface area contributed by atoms with Gasteiger partial charge in [0.05, 0.1) is 0 Å². The lowest BCUT2D eigenvalue weighted by molar-refractivity contribution is 0.256. The van der Waals surface area contributed by atoms with Crippen molar-refractivity contribution in [2.24, 2.45) is 5.92 Å². The average Bonchev–Trinajstić information content (AvgIpc) is 2.84. The molecule has 0 spiro atoms. The van der Waals surface area contributed by atoms with Gasteiger partial charge in [0.1, 0.15) is 0 Å². The average molecular weight is 272 g/mol. The van der Waals surface area contributed by atoms with E-state index >= 15 is 0 Å². The molecule has 0 saturated heterocycles. The summed E-state index contributed by atoms with van der Waals surface area (Å²) in [5.41, 5.74) is 4.14. The third kappa shape index (κ3) is 2.60. The molecular weight excluding hydrogens is 248 g/mol. The molecule has 1 aromatic carbocycles. The van der Waals surface area contributed by atoms with Crippen molar-refractivity contribution in [1.82, 2.24) is 10.3 Å². The van der Waals surface area contributed by atoms with Crippen molar-refractivity contribution in [1.29, 1.82) is 0 Å². The van der Waals surface area contributed by atoms with Crippen molar-refractivity contribution >= 4 is 10.9 Å². The van der Waals surface area contributed by atoms with E-state index in [1.54, 1.807) is 0 Å². The Morgan fingerprint density at radius 3 is 3.10 bits per heavy atom. The minimum atomic E-state index is 0.283. The summed E-state index contributed by atoms with van der Waals surface area (Å²) >= 11 is 0. The highest BCUT2D eigenvalue weighted by Crippen LogP contribution is 2.34. The lowest BCUT2D eigenvalue weighted by Crippen LogP contribution is -2.29. The van der Waals surface area contributed by atoms with Gasteiger partial charge in [-0.05, 0) is 49.8 Å². The van der Waals surface area contributed by atoms with Crippen molar-refractivity contribution in [3.05, 3.63) is 35.5 Å². The van der Waals surface area contributed by atoms with E-state index in [1.165, 1.54) is 41.4 Å². The number of aromatic amines is 1. The molecule has 20 heavy (non-hydrogen) atoms. The summed E-state index contributed by atoms with van der Waals surface area (Å²) in [6.07, 6.45) is 4.51. The molecule has 2 unspecified atom stereocenters. The second-order valence-electron chi connectivity index (χ2n) is 6.03. The van der Waals surface area contributed by atoms with Gasteiger partial charge in [-0.15, -0.1) is 0 Å². The van der Waals surface area contributed by atoms with Crippen LogP contribution in [0.5, 0.6) is 0 Å². The van der Waals surface area contributed by atoms with Gasteiger partial charge >= 0.3 is 0 Å². The van der Waals surface area contributed by atoms with Crippen molar-refractivity contribution in [2.75, 3.05) is 13.2 Å². The fraction of sp³-hybridized carbons (Fsp3) is 0.529. The Labute approximate surface area is 120 Å². The number of H-pyrrole nitrogens is 1. The predicted octanol–water partition coefficient (Wildman–Crippen LogP) is 3.15. The van der Waals surface area contributed by atoms with Crippen molar-refractivity contribution in [3.8, 4) is 0 Å². The summed E-state index contributed by atoms with van der Waals surface area (Å²) in [4.78, 5) is 3.61. The molecule has 2 atom stereocenters. The Kier molecular flexibility index (Phi) is 4.08. The molecule has 0 saturated carbocycles. The molecule has 0 amide bonds. The Bertz CT molecular complexity index is 575. The van der Waals surface area contributed by atoms with E-state index in [4.69, 9.17) is 5.11 Å². The van der Waals surface area contributed by atoms with E-state index in [-0.39, 0.29) is 6.61 Å². The first kappa shape index (κ1) is 13.7. The largest absolute Gasteiger partial charge is 0.396 e. The summed E-state index contributed by atoms with van der Waals surface area (Å²) in [5.74, 6) is 0.523. The van der Waals surface area contributed by atoms with Crippen LogP contribution in [0.25, 0.3) is 10.9 Å². The Morgan fingerprint density at radius 1 is 1.40 bits per heavy atom. The van der Waals surface area contributed by atoms with Crippen LogP contribution in [-0.4, -0.2) is 23.2 Å². The van der Waals surface area contributed by atoms with Gasteiger partial charge in [-0.25, -0.2) is 0 Å². The number of hydrogen-bond donors (Lipinski definition) is 3. The number of benzene rings is 1. The van der Waals surface area contributed by atoms with E-state index in [1.807, 2.05) is 0 Å². The molecule has 3 N–H and O–H groups in total. The van der Waals surface area contributed by atoms with Crippen LogP contribution >= 0.6 is 0 Å². The van der Waals surface area contributed by atoms with Crippen molar-refractivity contribution < 1.29 is 5.11 Å². The first-order valence-electron chi connectivity index (χ1n) is 7.73. The molecule has 0 fully saturated rings. The molecule has 0 bridgehead atoms. The minimum absolute atomic E-state index is 0.283. The fourth-order valence-electron chi connectivity index (χ4n) is 3.28. The lowest BCUT2D eigenvalue weighted by atomic mass is 9.91. The van der Waals surface area contributed by atoms with Gasteiger partial charge in [0.25, 0.3) is 0 Å². The number of aryl methyl sites for hydroxylation is 1. The summed E-state index contributed by atoms with van der Waals surface area (Å²) < 4.78 is 0. The first-order valence-corrected chi connectivity index (χ1v) is 7.73. The van der Waals surface area contributed by atoms with Crippen LogP contribution in [-0.2, 0) is 6.42 Å². The van der Waals surface area contributed by atoms with Gasteiger partial charge in [-0.3, -0.25) is 0 Å². The smallest absolute Gasteiger partial charge is 0.0476 e. The van der Waals surface area contributed by atoms with Gasteiger partial charge in [-0.2, -0.15) is 0 Å². The maximum Gasteiger partial charge on any atom is 0.0476 e. The molecule has 3 heteroatoms. The summed E-state index contributed by atoms with van der Waals surface area (Å²) in [6.45, 7) is 3.45. The number of aliphatic hydroxyl groups is 1. The van der Waals surface area contributed by atoms with E-state index in [2.05, 4.69) is 41.5 Å². The maximum absolute atomic E-state index is 8.99. The standard InChI is InChI=1S/C17H24N2O/c1-12(9-10-20)11-18-16-8-4-6-14-13-5-2-3-7-15(13)19-17(14)16/h2-3,5,7,12,16,18-20H,4,6,8-11H2,1H3. The van der Waals surface area contributed by atoms with Gasteiger partial charge in [0.2, 0.25) is 0 Å². The third-order valence-corrected chi connectivity index (χ3v) is 4.45. The Hall–Kier alpha value is -1.32. The van der Waals surface area contributed by atoms with Gasteiger partial charge < -0.3 is 15.4 Å². The van der Waals surface area contributed by atoms with Crippen LogP contribution in [0.1, 0.15) is 43.5 Å². The Morgan fingerprint density at radius 2 is 2.25 bits per heavy atom. The molecule has 0 aliphatic heterocycles. The van der Waals surface area contributed by atoms with Gasteiger partial charge in [0.15, 0.2) is 0 Å². The number of rotatable bonds is 5. The molecule has 2 aromatic rings. The molecule has 1 aromatic heterocycles. The second kappa shape index (κ2) is 5.98. The molecule has 108 valence electrons. The van der Waals surface area contributed by atoms with Crippen LogP contribution in [0.2, 0.25) is 0 Å². The highest BCUT2D eigenvalue weighted by Gasteiger charge is 2.23. The van der Waals surface area contributed by atoms with E-state index < -0.39 is 0 Å². The predicted molar refractivity (Wildman–Crippen MR) is 82.8 cm³/mol. The lowest BCUT2D eigenvalue weighted by Gasteiger charge is -2.25. The molecule has 1 heterocycles. The number of hydrogen-bond acceptors (Lipinski definition) is 2. The maximum atomic E-state index is 8.99. The molecule has 1 aliphatic rings. The van der Waals surface area contributed by atoms with Crippen LogP contribution < -0.4 is 5.32 Å². The first-order chi connectivity index (χ1) is 9.79. The summed E-state index contributed by atoms with van der Waals surface area (Å²) in [5, 5.41) is 14.1. The zero-order valence-electron chi connectivity index (χ0n) is 12.2. The van der Waals surface area contributed by atoms with Crippen LogP contribution in [0, 0.1) is 5.92 Å². The van der Waals surface area contributed by atoms with Gasteiger partial charge in [0, 0.05) is 29.2 Å². The Balaban J connectivity index is 1.79. The molecule has 3 rings (SSSR count). The number of fused-ring (bicyclic) bond motifs is 3. The van der Waals surface area contributed by atoms with E-state index in [9.17, 15) is 0 Å². The number of aromatic nitrogens is 1.